The predicted molar refractivity (Wildman–Crippen MR) is 43.2 cm³/mol. The number of imidazole rings is 1. The van der Waals surface area contributed by atoms with Crippen LogP contribution >= 0.6 is 0 Å². The van der Waals surface area contributed by atoms with Gasteiger partial charge in [-0.2, -0.15) is 0 Å². The van der Waals surface area contributed by atoms with Gasteiger partial charge in [0.15, 0.2) is 0 Å². The van der Waals surface area contributed by atoms with E-state index in [2.05, 4.69) is 9.55 Å². The van der Waals surface area contributed by atoms with Crippen molar-refractivity contribution in [3.8, 4) is 0 Å². The van der Waals surface area contributed by atoms with Crippen molar-refractivity contribution in [2.75, 3.05) is 0 Å². The van der Waals surface area contributed by atoms with E-state index >= 15 is 0 Å². The smallest absolute Gasteiger partial charge is 0.113 e. The summed E-state index contributed by atoms with van der Waals surface area (Å²) in [7, 11) is 2.02. The molecule has 2 unspecified atom stereocenters. The van der Waals surface area contributed by atoms with Crippen molar-refractivity contribution in [2.24, 2.45) is 12.8 Å². The molecule has 1 aromatic heterocycles. The first-order valence-corrected chi connectivity index (χ1v) is 4.02. The molecule has 0 aromatic carbocycles. The van der Waals surface area contributed by atoms with Crippen LogP contribution in [-0.2, 0) is 7.05 Å². The van der Waals surface area contributed by atoms with Gasteiger partial charge in [-0.3, -0.25) is 0 Å². The van der Waals surface area contributed by atoms with Crippen molar-refractivity contribution < 1.29 is 0 Å². The molecule has 3 nitrogen and oxygen atoms in total. The molecule has 1 aromatic rings. The van der Waals surface area contributed by atoms with Crippen molar-refractivity contribution >= 4 is 0 Å². The second-order valence-electron chi connectivity index (χ2n) is 3.24. The highest BCUT2D eigenvalue weighted by Crippen LogP contribution is 2.33. The normalized spacial score (nSPS) is 30.0. The standard InChI is InChI=1S/C8H13N3/c1-11-5-4-10-8(11)6-2-3-7(6)9/h4-7H,2-3,9H2,1H3. The number of nitrogens with two attached hydrogens (primary N) is 1. The lowest BCUT2D eigenvalue weighted by atomic mass is 9.79. The Hall–Kier alpha value is -0.830. The lowest BCUT2D eigenvalue weighted by Crippen LogP contribution is -2.38. The lowest BCUT2D eigenvalue weighted by Gasteiger charge is -2.32. The summed E-state index contributed by atoms with van der Waals surface area (Å²) in [5.41, 5.74) is 5.83. The third kappa shape index (κ3) is 0.959. The van der Waals surface area contributed by atoms with Crippen LogP contribution in [0.3, 0.4) is 0 Å². The van der Waals surface area contributed by atoms with Gasteiger partial charge in [0.2, 0.25) is 0 Å². The number of aromatic nitrogens is 2. The van der Waals surface area contributed by atoms with Crippen molar-refractivity contribution in [1.82, 2.24) is 9.55 Å². The van der Waals surface area contributed by atoms with Gasteiger partial charge in [0.25, 0.3) is 0 Å². The zero-order chi connectivity index (χ0) is 7.84. The highest BCUT2D eigenvalue weighted by Gasteiger charge is 2.31. The highest BCUT2D eigenvalue weighted by molar-refractivity contribution is 5.08. The average Bonchev–Trinajstić information content (AvgIpc) is 2.34. The number of hydrogen-bond donors (Lipinski definition) is 1. The van der Waals surface area contributed by atoms with Gasteiger partial charge in [-0.05, 0) is 12.8 Å². The summed E-state index contributed by atoms with van der Waals surface area (Å²) in [6.45, 7) is 0. The molecule has 0 radical (unpaired) electrons. The Morgan fingerprint density at radius 2 is 2.45 bits per heavy atom. The SMILES string of the molecule is Cn1ccnc1C1CCC1N. The van der Waals surface area contributed by atoms with E-state index in [4.69, 9.17) is 5.73 Å². The molecule has 2 atom stereocenters. The molecule has 1 fully saturated rings. The van der Waals surface area contributed by atoms with Gasteiger partial charge in [-0.25, -0.2) is 4.98 Å². The summed E-state index contributed by atoms with van der Waals surface area (Å²) in [6.07, 6.45) is 6.16. The molecular formula is C8H13N3. The first-order valence-electron chi connectivity index (χ1n) is 4.02. The zero-order valence-corrected chi connectivity index (χ0v) is 6.70. The second-order valence-corrected chi connectivity index (χ2v) is 3.24. The molecular weight excluding hydrogens is 138 g/mol. The monoisotopic (exact) mass is 151 g/mol. The van der Waals surface area contributed by atoms with Crippen molar-refractivity contribution in [1.29, 1.82) is 0 Å². The van der Waals surface area contributed by atoms with Gasteiger partial charge in [0.1, 0.15) is 5.82 Å². The minimum Gasteiger partial charge on any atom is -0.338 e. The molecule has 0 amide bonds. The zero-order valence-electron chi connectivity index (χ0n) is 6.70. The molecule has 0 bridgehead atoms. The van der Waals surface area contributed by atoms with Gasteiger partial charge in [0.05, 0.1) is 0 Å². The molecule has 2 rings (SSSR count). The molecule has 1 aliphatic carbocycles. The van der Waals surface area contributed by atoms with Crippen LogP contribution in [-0.4, -0.2) is 15.6 Å². The van der Waals surface area contributed by atoms with E-state index in [1.54, 1.807) is 0 Å². The van der Waals surface area contributed by atoms with Crippen molar-refractivity contribution in [3.05, 3.63) is 18.2 Å². The molecule has 1 aliphatic rings. The Balaban J connectivity index is 2.22. The third-order valence-corrected chi connectivity index (χ3v) is 2.52. The summed E-state index contributed by atoms with van der Waals surface area (Å²) in [5.74, 6) is 1.65. The maximum absolute atomic E-state index is 5.83. The maximum Gasteiger partial charge on any atom is 0.113 e. The van der Waals surface area contributed by atoms with Crippen LogP contribution in [0.1, 0.15) is 24.6 Å². The Kier molecular flexibility index (Phi) is 1.46. The molecule has 60 valence electrons. The van der Waals surface area contributed by atoms with E-state index < -0.39 is 0 Å². The van der Waals surface area contributed by atoms with Crippen LogP contribution in [0.5, 0.6) is 0 Å². The summed E-state index contributed by atoms with van der Waals surface area (Å²) in [6, 6.07) is 0.344. The highest BCUT2D eigenvalue weighted by atomic mass is 15.0. The molecule has 11 heavy (non-hydrogen) atoms. The van der Waals surface area contributed by atoms with Gasteiger partial charge < -0.3 is 10.3 Å². The second kappa shape index (κ2) is 2.34. The van der Waals surface area contributed by atoms with Crippen molar-refractivity contribution in [3.63, 3.8) is 0 Å². The van der Waals surface area contributed by atoms with E-state index in [9.17, 15) is 0 Å². The molecule has 0 aliphatic heterocycles. The molecule has 2 N–H and O–H groups in total. The molecule has 0 saturated heterocycles. The van der Waals surface area contributed by atoms with Crippen LogP contribution in [0.15, 0.2) is 12.4 Å². The Morgan fingerprint density at radius 3 is 2.82 bits per heavy atom. The molecule has 0 spiro atoms. The van der Waals surface area contributed by atoms with Gasteiger partial charge >= 0.3 is 0 Å². The number of hydrogen-bond acceptors (Lipinski definition) is 2. The lowest BCUT2D eigenvalue weighted by molar-refractivity contribution is 0.327. The van der Waals surface area contributed by atoms with Crippen LogP contribution in [0, 0.1) is 0 Å². The van der Waals surface area contributed by atoms with E-state index in [0.29, 0.717) is 12.0 Å². The molecule has 1 saturated carbocycles. The third-order valence-electron chi connectivity index (χ3n) is 2.52. The Labute approximate surface area is 66.2 Å². The number of nitrogens with zero attached hydrogens (tertiary/aromatic N) is 2. The first kappa shape index (κ1) is 6.85. The van der Waals surface area contributed by atoms with Crippen LogP contribution in [0.4, 0.5) is 0 Å². The molecule has 1 heterocycles. The van der Waals surface area contributed by atoms with E-state index in [-0.39, 0.29) is 0 Å². The van der Waals surface area contributed by atoms with Gasteiger partial charge in [-0.1, -0.05) is 0 Å². The Morgan fingerprint density at radius 1 is 1.64 bits per heavy atom. The van der Waals surface area contributed by atoms with E-state index in [1.165, 1.54) is 6.42 Å². The number of aryl methyl sites for hydroxylation is 1. The Bertz CT molecular complexity index is 254. The minimum atomic E-state index is 0.344. The van der Waals surface area contributed by atoms with E-state index in [1.807, 2.05) is 19.4 Å². The largest absolute Gasteiger partial charge is 0.338 e. The fraction of sp³-hybridized carbons (Fsp3) is 0.625. The average molecular weight is 151 g/mol. The van der Waals surface area contributed by atoms with Crippen LogP contribution in [0.25, 0.3) is 0 Å². The summed E-state index contributed by atoms with van der Waals surface area (Å²) in [4.78, 5) is 4.27. The fourth-order valence-corrected chi connectivity index (χ4v) is 1.58. The summed E-state index contributed by atoms with van der Waals surface area (Å²) in [5, 5.41) is 0. The first-order chi connectivity index (χ1) is 5.29. The minimum absolute atomic E-state index is 0.344. The van der Waals surface area contributed by atoms with Crippen LogP contribution in [0.2, 0.25) is 0 Å². The van der Waals surface area contributed by atoms with Gasteiger partial charge in [0, 0.05) is 31.4 Å². The summed E-state index contributed by atoms with van der Waals surface area (Å²) >= 11 is 0. The van der Waals surface area contributed by atoms with Crippen LogP contribution < -0.4 is 5.73 Å². The summed E-state index contributed by atoms with van der Waals surface area (Å²) < 4.78 is 2.06. The van der Waals surface area contributed by atoms with Crippen molar-refractivity contribution in [2.45, 2.75) is 24.8 Å². The maximum atomic E-state index is 5.83. The predicted octanol–water partition coefficient (Wildman–Crippen LogP) is 0.625. The topological polar surface area (TPSA) is 43.8 Å². The number of rotatable bonds is 1. The van der Waals surface area contributed by atoms with Gasteiger partial charge in [-0.15, -0.1) is 0 Å². The fourth-order valence-electron chi connectivity index (χ4n) is 1.58. The quantitative estimate of drug-likeness (QED) is 0.639. The van der Waals surface area contributed by atoms with E-state index in [0.717, 1.165) is 12.2 Å². The molecule has 3 heteroatoms.